The van der Waals surface area contributed by atoms with Gasteiger partial charge in [-0.15, -0.1) is 0 Å². The molecule has 1 aliphatic carbocycles. The number of rotatable bonds is 3. The van der Waals surface area contributed by atoms with Gasteiger partial charge >= 0.3 is 0 Å². The van der Waals surface area contributed by atoms with Crippen LogP contribution in [0.3, 0.4) is 0 Å². The van der Waals surface area contributed by atoms with Gasteiger partial charge < -0.3 is 21.1 Å². The molecule has 0 spiro atoms. The molecule has 88 valence electrons. The van der Waals surface area contributed by atoms with Gasteiger partial charge in [0.25, 0.3) is 0 Å². The van der Waals surface area contributed by atoms with Gasteiger partial charge in [0.05, 0.1) is 12.1 Å². The Balaban J connectivity index is 2.15. The molecule has 0 amide bonds. The lowest BCUT2D eigenvalue weighted by molar-refractivity contribution is 0.0413. The molecule has 16 heavy (non-hydrogen) atoms. The van der Waals surface area contributed by atoms with Crippen LogP contribution in [0.4, 0.5) is 0 Å². The Morgan fingerprint density at radius 3 is 2.12 bits per heavy atom. The molecule has 0 heterocycles. The molecule has 0 saturated heterocycles. The Morgan fingerprint density at radius 1 is 1.12 bits per heavy atom. The second-order valence-corrected chi connectivity index (χ2v) is 4.49. The molecule has 5 N–H and O–H groups in total. The van der Waals surface area contributed by atoms with Crippen molar-refractivity contribution >= 4 is 0 Å². The van der Waals surface area contributed by atoms with Crippen LogP contribution in [0.25, 0.3) is 0 Å². The summed E-state index contributed by atoms with van der Waals surface area (Å²) < 4.78 is 0. The zero-order valence-electron chi connectivity index (χ0n) is 9.00. The van der Waals surface area contributed by atoms with Gasteiger partial charge in [-0.2, -0.15) is 0 Å². The van der Waals surface area contributed by atoms with Gasteiger partial charge in [0.2, 0.25) is 0 Å². The van der Waals surface area contributed by atoms with Crippen LogP contribution < -0.4 is 5.73 Å². The fraction of sp³-hybridized carbons (Fsp3) is 0.500. The number of benzene rings is 1. The van der Waals surface area contributed by atoms with Crippen LogP contribution in [0.2, 0.25) is 0 Å². The maximum atomic E-state index is 9.98. The first-order chi connectivity index (χ1) is 7.58. The Bertz CT molecular complexity index is 356. The molecule has 4 heteroatoms. The van der Waals surface area contributed by atoms with Gasteiger partial charge in [-0.05, 0) is 36.5 Å². The average molecular weight is 223 g/mol. The standard InChI is InChI=1S/C12H17NO3/c13-11(12(16)7-2-1-3-7)8-4-9(14)6-10(15)5-8/h4-7,11-12,14-16H,1-3,13H2/t11-,12+/m1/s1. The molecule has 2 rings (SSSR count). The van der Waals surface area contributed by atoms with Crippen molar-refractivity contribution in [1.82, 2.24) is 0 Å². The molecule has 0 unspecified atom stereocenters. The van der Waals surface area contributed by atoms with E-state index >= 15 is 0 Å². The Hall–Kier alpha value is -1.26. The van der Waals surface area contributed by atoms with Gasteiger partial charge in [-0.3, -0.25) is 0 Å². The molecule has 1 aromatic rings. The first-order valence-corrected chi connectivity index (χ1v) is 5.54. The lowest BCUT2D eigenvalue weighted by Gasteiger charge is -2.33. The summed E-state index contributed by atoms with van der Waals surface area (Å²) in [7, 11) is 0. The molecule has 4 nitrogen and oxygen atoms in total. The van der Waals surface area contributed by atoms with E-state index in [-0.39, 0.29) is 17.4 Å². The molecular weight excluding hydrogens is 206 g/mol. The maximum absolute atomic E-state index is 9.98. The summed E-state index contributed by atoms with van der Waals surface area (Å²) in [6.45, 7) is 0. The van der Waals surface area contributed by atoms with Crippen molar-refractivity contribution in [2.75, 3.05) is 0 Å². The van der Waals surface area contributed by atoms with Gasteiger partial charge in [0.1, 0.15) is 11.5 Å². The van der Waals surface area contributed by atoms with Crippen molar-refractivity contribution < 1.29 is 15.3 Å². The van der Waals surface area contributed by atoms with E-state index in [1.165, 1.54) is 18.2 Å². The average Bonchev–Trinajstić information content (AvgIpc) is 2.12. The Labute approximate surface area is 94.3 Å². The summed E-state index contributed by atoms with van der Waals surface area (Å²) in [6, 6.07) is 3.65. The molecule has 0 radical (unpaired) electrons. The molecule has 0 aliphatic heterocycles. The molecule has 1 aromatic carbocycles. The fourth-order valence-electron chi connectivity index (χ4n) is 2.08. The van der Waals surface area contributed by atoms with Gasteiger partial charge in [0.15, 0.2) is 0 Å². The smallest absolute Gasteiger partial charge is 0.119 e. The van der Waals surface area contributed by atoms with E-state index in [1.54, 1.807) is 0 Å². The van der Waals surface area contributed by atoms with Crippen LogP contribution in [-0.4, -0.2) is 21.4 Å². The minimum Gasteiger partial charge on any atom is -0.508 e. The summed E-state index contributed by atoms with van der Waals surface area (Å²) in [5, 5.41) is 28.7. The van der Waals surface area contributed by atoms with Crippen molar-refractivity contribution in [3.05, 3.63) is 23.8 Å². The Morgan fingerprint density at radius 2 is 1.69 bits per heavy atom. The predicted octanol–water partition coefficient (Wildman–Crippen LogP) is 1.26. The minimum absolute atomic E-state index is 0.0359. The predicted molar refractivity (Wildman–Crippen MR) is 60.0 cm³/mol. The first-order valence-electron chi connectivity index (χ1n) is 5.54. The number of aliphatic hydroxyl groups excluding tert-OH is 1. The monoisotopic (exact) mass is 223 g/mol. The summed E-state index contributed by atoms with van der Waals surface area (Å²) in [5.74, 6) is 0.178. The third-order valence-corrected chi connectivity index (χ3v) is 3.31. The summed E-state index contributed by atoms with van der Waals surface area (Å²) in [4.78, 5) is 0. The topological polar surface area (TPSA) is 86.7 Å². The quantitative estimate of drug-likeness (QED) is 0.621. The number of aromatic hydroxyl groups is 2. The molecule has 1 saturated carbocycles. The van der Waals surface area contributed by atoms with Crippen molar-refractivity contribution in [2.45, 2.75) is 31.4 Å². The van der Waals surface area contributed by atoms with E-state index in [1.807, 2.05) is 0 Å². The largest absolute Gasteiger partial charge is 0.508 e. The first kappa shape index (κ1) is 11.2. The molecule has 0 aromatic heterocycles. The number of hydrogen-bond donors (Lipinski definition) is 4. The fourth-order valence-corrected chi connectivity index (χ4v) is 2.08. The van der Waals surface area contributed by atoms with Crippen molar-refractivity contribution in [3.63, 3.8) is 0 Å². The second kappa shape index (κ2) is 4.31. The summed E-state index contributed by atoms with van der Waals surface area (Å²) in [6.07, 6.45) is 2.54. The van der Waals surface area contributed by atoms with Crippen molar-refractivity contribution in [1.29, 1.82) is 0 Å². The molecule has 2 atom stereocenters. The Kier molecular flexibility index (Phi) is 3.03. The van der Waals surface area contributed by atoms with E-state index < -0.39 is 12.1 Å². The van der Waals surface area contributed by atoms with E-state index in [9.17, 15) is 15.3 Å². The van der Waals surface area contributed by atoms with E-state index in [0.29, 0.717) is 5.56 Å². The molecular formula is C12H17NO3. The number of phenols is 2. The van der Waals surface area contributed by atoms with Crippen molar-refractivity contribution in [2.24, 2.45) is 11.7 Å². The van der Waals surface area contributed by atoms with Crippen LogP contribution in [0.15, 0.2) is 18.2 Å². The number of phenolic OH excluding ortho intramolecular Hbond substituents is 2. The van der Waals surface area contributed by atoms with Crippen molar-refractivity contribution in [3.8, 4) is 11.5 Å². The number of hydrogen-bond acceptors (Lipinski definition) is 4. The van der Waals surface area contributed by atoms with E-state index in [4.69, 9.17) is 5.73 Å². The maximum Gasteiger partial charge on any atom is 0.119 e. The third kappa shape index (κ3) is 2.13. The van der Waals surface area contributed by atoms with Crippen LogP contribution in [0.1, 0.15) is 30.9 Å². The third-order valence-electron chi connectivity index (χ3n) is 3.31. The molecule has 0 bridgehead atoms. The van der Waals surface area contributed by atoms with E-state index in [2.05, 4.69) is 0 Å². The zero-order valence-corrected chi connectivity index (χ0v) is 9.00. The molecule has 1 fully saturated rings. The second-order valence-electron chi connectivity index (χ2n) is 4.49. The summed E-state index contributed by atoms with van der Waals surface area (Å²) in [5.41, 5.74) is 6.48. The van der Waals surface area contributed by atoms with Crippen LogP contribution in [-0.2, 0) is 0 Å². The number of nitrogens with two attached hydrogens (primary N) is 1. The van der Waals surface area contributed by atoms with Crippen LogP contribution >= 0.6 is 0 Å². The lowest BCUT2D eigenvalue weighted by atomic mass is 9.77. The minimum atomic E-state index is -0.602. The van der Waals surface area contributed by atoms with E-state index in [0.717, 1.165) is 19.3 Å². The van der Waals surface area contributed by atoms with Gasteiger partial charge in [0, 0.05) is 6.07 Å². The number of aliphatic hydroxyl groups is 1. The van der Waals surface area contributed by atoms with Crippen LogP contribution in [0, 0.1) is 5.92 Å². The highest BCUT2D eigenvalue weighted by atomic mass is 16.3. The SMILES string of the molecule is N[C@H](c1cc(O)cc(O)c1)[C@@H](O)C1CCC1. The highest BCUT2D eigenvalue weighted by Crippen LogP contribution is 2.35. The van der Waals surface area contributed by atoms with Crippen LogP contribution in [0.5, 0.6) is 11.5 Å². The molecule has 1 aliphatic rings. The zero-order chi connectivity index (χ0) is 11.7. The van der Waals surface area contributed by atoms with Gasteiger partial charge in [-0.1, -0.05) is 6.42 Å². The van der Waals surface area contributed by atoms with Gasteiger partial charge in [-0.25, -0.2) is 0 Å². The lowest BCUT2D eigenvalue weighted by Crippen LogP contribution is -2.36. The normalized spacial score (nSPS) is 20.1. The summed E-state index contributed by atoms with van der Waals surface area (Å²) >= 11 is 0. The highest BCUT2D eigenvalue weighted by molar-refractivity contribution is 5.38. The highest BCUT2D eigenvalue weighted by Gasteiger charge is 2.30.